The van der Waals surface area contributed by atoms with Crippen LogP contribution >= 0.6 is 0 Å². The van der Waals surface area contributed by atoms with Crippen LogP contribution in [0.25, 0.3) is 0 Å². The summed E-state index contributed by atoms with van der Waals surface area (Å²) >= 11 is 0. The summed E-state index contributed by atoms with van der Waals surface area (Å²) in [5.74, 6) is 0.244. The number of amides is 1. The van der Waals surface area contributed by atoms with E-state index in [1.165, 1.54) is 32.1 Å². The first-order chi connectivity index (χ1) is 7.72. The summed E-state index contributed by atoms with van der Waals surface area (Å²) in [5.41, 5.74) is 0. The summed E-state index contributed by atoms with van der Waals surface area (Å²) in [4.78, 5) is 13.7. The maximum atomic E-state index is 11.5. The Morgan fingerprint density at radius 1 is 1.19 bits per heavy atom. The van der Waals surface area contributed by atoms with Gasteiger partial charge in [-0.2, -0.15) is 0 Å². The van der Waals surface area contributed by atoms with E-state index in [9.17, 15) is 4.79 Å². The second-order valence-corrected chi connectivity index (χ2v) is 5.00. The monoisotopic (exact) mass is 226 g/mol. The largest absolute Gasteiger partial charge is 0.351 e. The van der Waals surface area contributed by atoms with Gasteiger partial charge in [-0.1, -0.05) is 39.0 Å². The third-order valence-corrected chi connectivity index (χ3v) is 3.19. The van der Waals surface area contributed by atoms with Gasteiger partial charge < -0.3 is 10.2 Å². The average molecular weight is 226 g/mol. The second-order valence-electron chi connectivity index (χ2n) is 5.00. The molecule has 1 rings (SSSR count). The zero-order chi connectivity index (χ0) is 11.8. The number of rotatable bonds is 8. The van der Waals surface area contributed by atoms with Crippen molar-refractivity contribution < 1.29 is 4.79 Å². The fourth-order valence-corrected chi connectivity index (χ4v) is 2.16. The second kappa shape index (κ2) is 7.66. The number of nitrogens with zero attached hydrogens (tertiary/aromatic N) is 1. The highest BCUT2D eigenvalue weighted by molar-refractivity contribution is 5.76. The Morgan fingerprint density at radius 3 is 2.44 bits per heavy atom. The van der Waals surface area contributed by atoms with Crippen LogP contribution in [0.2, 0.25) is 0 Å². The molecule has 94 valence electrons. The molecule has 0 aromatic carbocycles. The molecule has 1 fully saturated rings. The van der Waals surface area contributed by atoms with Crippen LogP contribution in [0.4, 0.5) is 0 Å². The smallest absolute Gasteiger partial charge is 0.220 e. The minimum Gasteiger partial charge on any atom is -0.351 e. The molecule has 1 heterocycles. The van der Waals surface area contributed by atoms with E-state index in [-0.39, 0.29) is 5.91 Å². The highest BCUT2D eigenvalue weighted by Gasteiger charge is 2.23. The molecule has 0 atom stereocenters. The molecule has 0 bridgehead atoms. The fourth-order valence-electron chi connectivity index (χ4n) is 2.16. The lowest BCUT2D eigenvalue weighted by Crippen LogP contribution is -2.57. The van der Waals surface area contributed by atoms with E-state index in [0.717, 1.165) is 19.5 Å². The van der Waals surface area contributed by atoms with Gasteiger partial charge in [0, 0.05) is 19.5 Å². The van der Waals surface area contributed by atoms with Crippen molar-refractivity contribution in [1.29, 1.82) is 0 Å². The van der Waals surface area contributed by atoms with Gasteiger partial charge in [0.2, 0.25) is 5.91 Å². The molecule has 0 saturated carbocycles. The van der Waals surface area contributed by atoms with E-state index in [0.29, 0.717) is 12.5 Å². The van der Waals surface area contributed by atoms with Crippen LogP contribution in [0.1, 0.15) is 51.9 Å². The SMILES string of the molecule is CCCCCCCCC(=O)NC1CN(C)C1. The zero-order valence-electron chi connectivity index (χ0n) is 10.8. The summed E-state index contributed by atoms with van der Waals surface area (Å²) in [6.45, 7) is 4.26. The predicted octanol–water partition coefficient (Wildman–Crippen LogP) is 2.17. The van der Waals surface area contributed by atoms with Gasteiger partial charge in [-0.25, -0.2) is 0 Å². The van der Waals surface area contributed by atoms with E-state index in [1.807, 2.05) is 0 Å². The van der Waals surface area contributed by atoms with E-state index in [2.05, 4.69) is 24.2 Å². The van der Waals surface area contributed by atoms with Crippen LogP contribution in [0.15, 0.2) is 0 Å². The van der Waals surface area contributed by atoms with E-state index < -0.39 is 0 Å². The Labute approximate surface area is 99.6 Å². The Kier molecular flexibility index (Phi) is 6.46. The van der Waals surface area contributed by atoms with E-state index in [1.54, 1.807) is 0 Å². The minimum atomic E-state index is 0.244. The number of nitrogens with one attached hydrogen (secondary N) is 1. The molecule has 16 heavy (non-hydrogen) atoms. The average Bonchev–Trinajstić information content (AvgIpc) is 2.21. The van der Waals surface area contributed by atoms with Gasteiger partial charge in [0.05, 0.1) is 6.04 Å². The van der Waals surface area contributed by atoms with Crippen LogP contribution < -0.4 is 5.32 Å². The Bertz CT molecular complexity index is 200. The van der Waals surface area contributed by atoms with Gasteiger partial charge in [0.25, 0.3) is 0 Å². The molecule has 1 amide bonds. The van der Waals surface area contributed by atoms with Crippen LogP contribution in [0.5, 0.6) is 0 Å². The van der Waals surface area contributed by atoms with Crippen LogP contribution in [0.3, 0.4) is 0 Å². The van der Waals surface area contributed by atoms with Gasteiger partial charge in [-0.15, -0.1) is 0 Å². The molecule has 1 N–H and O–H groups in total. The van der Waals surface area contributed by atoms with Gasteiger partial charge in [-0.3, -0.25) is 4.79 Å². The van der Waals surface area contributed by atoms with Crippen molar-refractivity contribution in [1.82, 2.24) is 10.2 Å². The number of hydrogen-bond donors (Lipinski definition) is 1. The summed E-state index contributed by atoms with van der Waals surface area (Å²) in [6.07, 6.45) is 8.21. The molecule has 1 aliphatic heterocycles. The van der Waals surface area contributed by atoms with Crippen molar-refractivity contribution >= 4 is 5.91 Å². The molecular formula is C13H26N2O. The third-order valence-electron chi connectivity index (χ3n) is 3.19. The lowest BCUT2D eigenvalue weighted by Gasteiger charge is -2.36. The summed E-state index contributed by atoms with van der Waals surface area (Å²) in [7, 11) is 2.08. The quantitative estimate of drug-likeness (QED) is 0.643. The number of unbranched alkanes of at least 4 members (excludes halogenated alkanes) is 5. The summed E-state index contributed by atoms with van der Waals surface area (Å²) in [5, 5.41) is 3.07. The van der Waals surface area contributed by atoms with Crippen molar-refractivity contribution in [2.45, 2.75) is 57.9 Å². The topological polar surface area (TPSA) is 32.3 Å². The first-order valence-corrected chi connectivity index (χ1v) is 6.70. The number of carbonyl (C=O) groups is 1. The molecule has 3 heteroatoms. The maximum absolute atomic E-state index is 11.5. The summed E-state index contributed by atoms with van der Waals surface area (Å²) < 4.78 is 0. The highest BCUT2D eigenvalue weighted by Crippen LogP contribution is 2.08. The standard InChI is InChI=1S/C13H26N2O/c1-3-4-5-6-7-8-9-13(16)14-12-10-15(2)11-12/h12H,3-11H2,1-2H3,(H,14,16). The van der Waals surface area contributed by atoms with Crippen molar-refractivity contribution in [3.63, 3.8) is 0 Å². The van der Waals surface area contributed by atoms with Gasteiger partial charge in [-0.05, 0) is 13.5 Å². The number of likely N-dealkylation sites (N-methyl/N-ethyl adjacent to an activating group) is 1. The first-order valence-electron chi connectivity index (χ1n) is 6.70. The lowest BCUT2D eigenvalue weighted by atomic mass is 10.1. The van der Waals surface area contributed by atoms with Crippen molar-refractivity contribution in [3.05, 3.63) is 0 Å². The molecule has 0 aliphatic carbocycles. The van der Waals surface area contributed by atoms with E-state index >= 15 is 0 Å². The van der Waals surface area contributed by atoms with E-state index in [4.69, 9.17) is 0 Å². The molecular weight excluding hydrogens is 200 g/mol. The summed E-state index contributed by atoms with van der Waals surface area (Å²) in [6, 6.07) is 0.414. The van der Waals surface area contributed by atoms with Gasteiger partial charge >= 0.3 is 0 Å². The first kappa shape index (κ1) is 13.5. The molecule has 0 spiro atoms. The Morgan fingerprint density at radius 2 is 1.81 bits per heavy atom. The van der Waals surface area contributed by atoms with Gasteiger partial charge in [0.1, 0.15) is 0 Å². The van der Waals surface area contributed by atoms with Crippen molar-refractivity contribution in [3.8, 4) is 0 Å². The Hall–Kier alpha value is -0.570. The predicted molar refractivity (Wildman–Crippen MR) is 67.4 cm³/mol. The number of likely N-dealkylation sites (tertiary alicyclic amines) is 1. The van der Waals surface area contributed by atoms with Crippen LogP contribution in [0, 0.1) is 0 Å². The number of carbonyl (C=O) groups excluding carboxylic acids is 1. The number of hydrogen-bond acceptors (Lipinski definition) is 2. The fraction of sp³-hybridized carbons (Fsp3) is 0.923. The minimum absolute atomic E-state index is 0.244. The zero-order valence-corrected chi connectivity index (χ0v) is 10.8. The maximum Gasteiger partial charge on any atom is 0.220 e. The van der Waals surface area contributed by atoms with Crippen LogP contribution in [-0.2, 0) is 4.79 Å². The normalized spacial score (nSPS) is 17.1. The Balaban J connectivity index is 1.86. The molecule has 0 unspecified atom stereocenters. The van der Waals surface area contributed by atoms with Crippen LogP contribution in [-0.4, -0.2) is 37.0 Å². The molecule has 1 saturated heterocycles. The molecule has 0 radical (unpaired) electrons. The molecule has 0 aromatic heterocycles. The molecule has 0 aromatic rings. The lowest BCUT2D eigenvalue weighted by molar-refractivity contribution is -0.122. The van der Waals surface area contributed by atoms with Crippen molar-refractivity contribution in [2.24, 2.45) is 0 Å². The van der Waals surface area contributed by atoms with Gasteiger partial charge in [0.15, 0.2) is 0 Å². The highest BCUT2D eigenvalue weighted by atomic mass is 16.1. The van der Waals surface area contributed by atoms with Crippen molar-refractivity contribution in [2.75, 3.05) is 20.1 Å². The molecule has 1 aliphatic rings. The molecule has 3 nitrogen and oxygen atoms in total. The third kappa shape index (κ3) is 5.50.